The van der Waals surface area contributed by atoms with E-state index in [0.717, 1.165) is 16.5 Å². The maximum atomic E-state index is 12.1. The Bertz CT molecular complexity index is 590. The quantitative estimate of drug-likeness (QED) is 0.837. The molecule has 0 aliphatic carbocycles. The van der Waals surface area contributed by atoms with Gasteiger partial charge in [-0.3, -0.25) is 4.79 Å². The van der Waals surface area contributed by atoms with Crippen LogP contribution in [0.2, 0.25) is 0 Å². The SMILES string of the molecule is Cc1cc(Br)cc(C(=O)NCCC(C)c2ccccc2)c1. The number of benzene rings is 2. The molecule has 0 fully saturated rings. The Kier molecular flexibility index (Phi) is 5.57. The lowest BCUT2D eigenvalue weighted by molar-refractivity contribution is 0.0952. The van der Waals surface area contributed by atoms with Gasteiger partial charge in [0.25, 0.3) is 5.91 Å². The Balaban J connectivity index is 1.87. The van der Waals surface area contributed by atoms with Gasteiger partial charge >= 0.3 is 0 Å². The summed E-state index contributed by atoms with van der Waals surface area (Å²) in [6.07, 6.45) is 0.933. The third-order valence-electron chi connectivity index (χ3n) is 3.54. The van der Waals surface area contributed by atoms with Crippen molar-refractivity contribution in [3.63, 3.8) is 0 Å². The van der Waals surface area contributed by atoms with Crippen LogP contribution in [0.15, 0.2) is 53.0 Å². The first kappa shape index (κ1) is 15.8. The van der Waals surface area contributed by atoms with E-state index in [-0.39, 0.29) is 5.91 Å². The van der Waals surface area contributed by atoms with Crippen LogP contribution < -0.4 is 5.32 Å². The first-order valence-electron chi connectivity index (χ1n) is 7.16. The lowest BCUT2D eigenvalue weighted by Gasteiger charge is -2.12. The number of amides is 1. The van der Waals surface area contributed by atoms with Crippen LogP contribution in [-0.2, 0) is 0 Å². The number of halogens is 1. The van der Waals surface area contributed by atoms with Crippen molar-refractivity contribution in [3.8, 4) is 0 Å². The summed E-state index contributed by atoms with van der Waals surface area (Å²) in [5.41, 5.74) is 3.09. The van der Waals surface area contributed by atoms with Gasteiger partial charge in [0.1, 0.15) is 0 Å². The van der Waals surface area contributed by atoms with E-state index in [4.69, 9.17) is 0 Å². The van der Waals surface area contributed by atoms with E-state index in [1.54, 1.807) is 0 Å². The number of aryl methyl sites for hydroxylation is 1. The number of rotatable bonds is 5. The zero-order chi connectivity index (χ0) is 15.2. The van der Waals surface area contributed by atoms with E-state index in [9.17, 15) is 4.79 Å². The van der Waals surface area contributed by atoms with Crippen LogP contribution in [0, 0.1) is 6.92 Å². The van der Waals surface area contributed by atoms with Crippen LogP contribution in [0.1, 0.15) is 40.7 Å². The summed E-state index contributed by atoms with van der Waals surface area (Å²) < 4.78 is 0.935. The molecule has 0 aliphatic rings. The van der Waals surface area contributed by atoms with Crippen molar-refractivity contribution < 1.29 is 4.79 Å². The zero-order valence-corrected chi connectivity index (χ0v) is 14.0. The van der Waals surface area contributed by atoms with E-state index in [0.29, 0.717) is 18.0 Å². The monoisotopic (exact) mass is 345 g/mol. The van der Waals surface area contributed by atoms with Crippen LogP contribution in [0.4, 0.5) is 0 Å². The summed E-state index contributed by atoms with van der Waals surface area (Å²) >= 11 is 3.42. The van der Waals surface area contributed by atoms with Gasteiger partial charge < -0.3 is 5.32 Å². The fourth-order valence-corrected chi connectivity index (χ4v) is 2.93. The smallest absolute Gasteiger partial charge is 0.251 e. The van der Waals surface area contributed by atoms with Crippen molar-refractivity contribution >= 4 is 21.8 Å². The summed E-state index contributed by atoms with van der Waals surface area (Å²) in [7, 11) is 0. The minimum absolute atomic E-state index is 0.0142. The maximum Gasteiger partial charge on any atom is 0.251 e. The molecular weight excluding hydrogens is 326 g/mol. The predicted molar refractivity (Wildman–Crippen MR) is 90.7 cm³/mol. The van der Waals surface area contributed by atoms with Crippen LogP contribution in [0.5, 0.6) is 0 Å². The molecule has 3 heteroatoms. The molecule has 0 heterocycles. The van der Waals surface area contributed by atoms with Crippen LogP contribution in [-0.4, -0.2) is 12.5 Å². The van der Waals surface area contributed by atoms with E-state index >= 15 is 0 Å². The molecule has 2 aromatic rings. The van der Waals surface area contributed by atoms with Crippen LogP contribution >= 0.6 is 15.9 Å². The van der Waals surface area contributed by atoms with Crippen molar-refractivity contribution in [2.45, 2.75) is 26.2 Å². The summed E-state index contributed by atoms with van der Waals surface area (Å²) in [4.78, 5) is 12.1. The molecule has 0 saturated carbocycles. The standard InChI is InChI=1S/C18H20BrNO/c1-13-10-16(12-17(19)11-13)18(21)20-9-8-14(2)15-6-4-3-5-7-15/h3-7,10-12,14H,8-9H2,1-2H3,(H,20,21). The molecule has 1 unspecified atom stereocenters. The van der Waals surface area contributed by atoms with Gasteiger partial charge in [0.15, 0.2) is 0 Å². The second kappa shape index (κ2) is 7.41. The Morgan fingerprint density at radius 2 is 1.90 bits per heavy atom. The summed E-state index contributed by atoms with van der Waals surface area (Å²) in [6.45, 7) is 4.85. The number of hydrogen-bond acceptors (Lipinski definition) is 1. The predicted octanol–water partition coefficient (Wildman–Crippen LogP) is 4.68. The Morgan fingerprint density at radius 1 is 1.19 bits per heavy atom. The molecule has 1 amide bonds. The van der Waals surface area contributed by atoms with Crippen molar-refractivity contribution in [3.05, 3.63) is 69.7 Å². The molecule has 2 rings (SSSR count). The van der Waals surface area contributed by atoms with Gasteiger partial charge in [0.05, 0.1) is 0 Å². The van der Waals surface area contributed by atoms with Crippen molar-refractivity contribution in [2.24, 2.45) is 0 Å². The molecule has 1 N–H and O–H groups in total. The highest BCUT2D eigenvalue weighted by molar-refractivity contribution is 9.10. The molecule has 110 valence electrons. The van der Waals surface area contributed by atoms with Gasteiger partial charge in [0.2, 0.25) is 0 Å². The molecule has 2 aromatic carbocycles. The highest BCUT2D eigenvalue weighted by Crippen LogP contribution is 2.18. The highest BCUT2D eigenvalue weighted by Gasteiger charge is 2.09. The van der Waals surface area contributed by atoms with E-state index in [2.05, 4.69) is 52.4 Å². The van der Waals surface area contributed by atoms with Gasteiger partial charge in [0, 0.05) is 16.6 Å². The average Bonchev–Trinajstić information content (AvgIpc) is 2.47. The van der Waals surface area contributed by atoms with Gasteiger partial charge in [-0.15, -0.1) is 0 Å². The summed E-state index contributed by atoms with van der Waals surface area (Å²) in [6, 6.07) is 16.1. The molecule has 21 heavy (non-hydrogen) atoms. The number of hydrogen-bond donors (Lipinski definition) is 1. The molecule has 0 bridgehead atoms. The topological polar surface area (TPSA) is 29.1 Å². The van der Waals surface area contributed by atoms with Gasteiger partial charge in [-0.25, -0.2) is 0 Å². The van der Waals surface area contributed by atoms with Crippen molar-refractivity contribution in [1.82, 2.24) is 5.32 Å². The fraction of sp³-hybridized carbons (Fsp3) is 0.278. The van der Waals surface area contributed by atoms with E-state index in [1.807, 2.05) is 31.2 Å². The molecule has 0 radical (unpaired) electrons. The number of carbonyl (C=O) groups excluding carboxylic acids is 1. The van der Waals surface area contributed by atoms with Gasteiger partial charge in [-0.05, 0) is 48.6 Å². The fourth-order valence-electron chi connectivity index (χ4n) is 2.32. The number of nitrogens with one attached hydrogen (secondary N) is 1. The first-order chi connectivity index (χ1) is 10.1. The third-order valence-corrected chi connectivity index (χ3v) is 3.99. The average molecular weight is 346 g/mol. The minimum Gasteiger partial charge on any atom is -0.352 e. The van der Waals surface area contributed by atoms with E-state index in [1.165, 1.54) is 5.56 Å². The summed E-state index contributed by atoms with van der Waals surface area (Å²) in [5, 5.41) is 2.99. The van der Waals surface area contributed by atoms with Crippen molar-refractivity contribution in [1.29, 1.82) is 0 Å². The molecule has 0 spiro atoms. The van der Waals surface area contributed by atoms with Crippen molar-refractivity contribution in [2.75, 3.05) is 6.54 Å². The molecule has 0 aromatic heterocycles. The lowest BCUT2D eigenvalue weighted by Crippen LogP contribution is -2.25. The van der Waals surface area contributed by atoms with Crippen LogP contribution in [0.3, 0.4) is 0 Å². The van der Waals surface area contributed by atoms with Crippen LogP contribution in [0.25, 0.3) is 0 Å². The lowest BCUT2D eigenvalue weighted by atomic mass is 9.98. The second-order valence-corrected chi connectivity index (χ2v) is 6.29. The maximum absolute atomic E-state index is 12.1. The Morgan fingerprint density at radius 3 is 2.57 bits per heavy atom. The number of carbonyl (C=O) groups is 1. The molecule has 1 atom stereocenters. The first-order valence-corrected chi connectivity index (χ1v) is 7.96. The molecular formula is C18H20BrNO. The van der Waals surface area contributed by atoms with E-state index < -0.39 is 0 Å². The molecule has 0 saturated heterocycles. The molecule has 0 aliphatic heterocycles. The molecule has 2 nitrogen and oxygen atoms in total. The largest absolute Gasteiger partial charge is 0.352 e. The Hall–Kier alpha value is -1.61. The minimum atomic E-state index is -0.0142. The van der Waals surface area contributed by atoms with Gasteiger partial charge in [-0.1, -0.05) is 53.2 Å². The summed E-state index contributed by atoms with van der Waals surface area (Å²) in [5.74, 6) is 0.426. The Labute approximate surface area is 134 Å². The zero-order valence-electron chi connectivity index (χ0n) is 12.4. The third kappa shape index (κ3) is 4.71. The normalized spacial score (nSPS) is 12.0. The van der Waals surface area contributed by atoms with Gasteiger partial charge in [-0.2, -0.15) is 0 Å². The second-order valence-electron chi connectivity index (χ2n) is 5.37. The highest BCUT2D eigenvalue weighted by atomic mass is 79.9.